The van der Waals surface area contributed by atoms with E-state index in [1.54, 1.807) is 6.29 Å². The molecular weight excluding hydrogens is 310 g/mol. The lowest BCUT2D eigenvalue weighted by Crippen LogP contribution is -2.13. The zero-order chi connectivity index (χ0) is 16.9. The summed E-state index contributed by atoms with van der Waals surface area (Å²) in [6.07, 6.45) is 3.06. The molecule has 2 N–H and O–H groups in total. The maximum atomic E-state index is 11.5. The Morgan fingerprint density at radius 2 is 2.00 bits per heavy atom. The molecule has 0 saturated carbocycles. The molecule has 3 aromatic rings. The maximum absolute atomic E-state index is 11.5. The molecule has 0 unspecified atom stereocenters. The quantitative estimate of drug-likeness (QED) is 0.742. The molecular formula is C17H12N3O4. The third kappa shape index (κ3) is 3.14. The molecule has 2 aromatic heterocycles. The smallest absolute Gasteiger partial charge is 0.287 e. The fourth-order valence-corrected chi connectivity index (χ4v) is 2.13. The Morgan fingerprint density at radius 3 is 2.62 bits per heavy atom. The van der Waals surface area contributed by atoms with Gasteiger partial charge in [-0.05, 0) is 6.07 Å². The first-order chi connectivity index (χ1) is 11.7. The summed E-state index contributed by atoms with van der Waals surface area (Å²) in [5.74, 6) is -0.515. The molecule has 1 aromatic carbocycles. The van der Waals surface area contributed by atoms with Gasteiger partial charge in [-0.1, -0.05) is 35.5 Å². The molecule has 3 rings (SSSR count). The fourth-order valence-electron chi connectivity index (χ4n) is 2.13. The van der Waals surface area contributed by atoms with Crippen molar-refractivity contribution in [3.8, 4) is 17.1 Å². The molecule has 0 aliphatic carbocycles. The van der Waals surface area contributed by atoms with Crippen molar-refractivity contribution in [2.75, 3.05) is 0 Å². The average Bonchev–Trinajstić information content (AvgIpc) is 3.05. The molecule has 2 heterocycles. The monoisotopic (exact) mass is 322 g/mol. The summed E-state index contributed by atoms with van der Waals surface area (Å²) < 4.78 is 10.6. The summed E-state index contributed by atoms with van der Waals surface area (Å²) in [5.41, 5.74) is 7.32. The second kappa shape index (κ2) is 6.74. The topological polar surface area (TPSA) is 108 Å². The number of carbonyl (C=O) groups excluding carboxylic acids is 2. The summed E-state index contributed by atoms with van der Waals surface area (Å²) >= 11 is 0. The van der Waals surface area contributed by atoms with Gasteiger partial charge in [-0.25, -0.2) is 4.98 Å². The molecule has 0 atom stereocenters. The van der Waals surface area contributed by atoms with Gasteiger partial charge in [0.1, 0.15) is 12.3 Å². The highest BCUT2D eigenvalue weighted by atomic mass is 16.5. The van der Waals surface area contributed by atoms with E-state index in [4.69, 9.17) is 15.0 Å². The zero-order valence-electron chi connectivity index (χ0n) is 12.4. The lowest BCUT2D eigenvalue weighted by atomic mass is 10.1. The molecule has 0 spiro atoms. The Hall–Kier alpha value is -3.48. The summed E-state index contributed by atoms with van der Waals surface area (Å²) in [7, 11) is 0. The molecule has 0 aliphatic rings. The number of rotatable bonds is 6. The standard InChI is InChI=1S/C17H12N3O4/c18-17(22)16-13(10-23-14-7-6-11(9-21)8-19-14)15(20-24-16)12-4-2-1-3-5-12/h1-8H,10H2,(H2,18,22). The minimum Gasteiger partial charge on any atom is -0.473 e. The van der Waals surface area contributed by atoms with Crippen LogP contribution >= 0.6 is 0 Å². The lowest BCUT2D eigenvalue weighted by molar-refractivity contribution is 0.0961. The van der Waals surface area contributed by atoms with E-state index >= 15 is 0 Å². The predicted molar refractivity (Wildman–Crippen MR) is 83.8 cm³/mol. The van der Waals surface area contributed by atoms with E-state index in [0.29, 0.717) is 16.8 Å². The minimum atomic E-state index is -0.734. The van der Waals surface area contributed by atoms with Gasteiger partial charge in [0.05, 0.1) is 5.56 Å². The molecule has 119 valence electrons. The molecule has 1 amide bonds. The van der Waals surface area contributed by atoms with Crippen LogP contribution in [0.15, 0.2) is 53.2 Å². The Bertz CT molecular complexity index is 857. The number of ether oxygens (including phenoxy) is 1. The second-order valence-corrected chi connectivity index (χ2v) is 4.84. The van der Waals surface area contributed by atoms with Crippen molar-refractivity contribution in [2.24, 2.45) is 5.73 Å². The van der Waals surface area contributed by atoms with Crippen molar-refractivity contribution >= 4 is 12.2 Å². The molecule has 0 fully saturated rings. The van der Waals surface area contributed by atoms with Crippen LogP contribution in [0.25, 0.3) is 11.3 Å². The molecule has 1 radical (unpaired) electrons. The Balaban J connectivity index is 1.89. The van der Waals surface area contributed by atoms with Crippen LogP contribution in [0.2, 0.25) is 0 Å². The van der Waals surface area contributed by atoms with Crippen LogP contribution in [-0.2, 0) is 11.4 Å². The van der Waals surface area contributed by atoms with Crippen molar-refractivity contribution in [3.63, 3.8) is 0 Å². The summed E-state index contributed by atoms with van der Waals surface area (Å²) in [6, 6.07) is 12.3. The SMILES string of the molecule is NC(=O)c1onc(-c2ccccc2)c1COc1ccc([C]=O)cn1. The number of carbonyl (C=O) groups is 1. The molecule has 7 nitrogen and oxygen atoms in total. The van der Waals surface area contributed by atoms with Crippen molar-refractivity contribution in [1.29, 1.82) is 0 Å². The van der Waals surface area contributed by atoms with E-state index in [9.17, 15) is 9.59 Å². The molecule has 0 bridgehead atoms. The van der Waals surface area contributed by atoms with Gasteiger partial charge in [0.25, 0.3) is 5.91 Å². The van der Waals surface area contributed by atoms with E-state index < -0.39 is 5.91 Å². The third-order valence-electron chi connectivity index (χ3n) is 3.28. The number of hydrogen-bond acceptors (Lipinski definition) is 6. The second-order valence-electron chi connectivity index (χ2n) is 4.84. The highest BCUT2D eigenvalue weighted by Gasteiger charge is 2.22. The van der Waals surface area contributed by atoms with Crippen molar-refractivity contribution in [2.45, 2.75) is 6.61 Å². The number of aromatic nitrogens is 2. The normalized spacial score (nSPS) is 10.3. The van der Waals surface area contributed by atoms with E-state index in [-0.39, 0.29) is 18.2 Å². The van der Waals surface area contributed by atoms with E-state index in [1.807, 2.05) is 30.3 Å². The number of nitrogens with zero attached hydrogens (tertiary/aromatic N) is 2. The zero-order valence-corrected chi connectivity index (χ0v) is 12.4. The van der Waals surface area contributed by atoms with Crippen molar-refractivity contribution in [1.82, 2.24) is 10.1 Å². The van der Waals surface area contributed by atoms with Gasteiger partial charge in [0, 0.05) is 23.4 Å². The summed E-state index contributed by atoms with van der Waals surface area (Å²) in [4.78, 5) is 26.0. The van der Waals surface area contributed by atoms with E-state index in [2.05, 4.69) is 10.1 Å². The van der Waals surface area contributed by atoms with Gasteiger partial charge in [0.2, 0.25) is 17.9 Å². The van der Waals surface area contributed by atoms with E-state index in [1.165, 1.54) is 18.3 Å². The molecule has 0 saturated heterocycles. The first-order valence-electron chi connectivity index (χ1n) is 7.00. The highest BCUT2D eigenvalue weighted by Crippen LogP contribution is 2.26. The Kier molecular flexibility index (Phi) is 4.33. The van der Waals surface area contributed by atoms with Crippen LogP contribution in [0, 0.1) is 0 Å². The number of benzene rings is 1. The van der Waals surface area contributed by atoms with Gasteiger partial charge >= 0.3 is 0 Å². The van der Waals surface area contributed by atoms with Crippen molar-refractivity contribution in [3.05, 3.63) is 65.5 Å². The van der Waals surface area contributed by atoms with Crippen molar-refractivity contribution < 1.29 is 18.8 Å². The number of amides is 1. The largest absolute Gasteiger partial charge is 0.473 e. The van der Waals surface area contributed by atoms with Crippen LogP contribution in [0.3, 0.4) is 0 Å². The number of primary amides is 1. The van der Waals surface area contributed by atoms with Gasteiger partial charge in [-0.3, -0.25) is 9.59 Å². The van der Waals surface area contributed by atoms with Crippen LogP contribution in [0.4, 0.5) is 0 Å². The summed E-state index contributed by atoms with van der Waals surface area (Å²) in [6.45, 7) is -0.0108. The van der Waals surface area contributed by atoms with Crippen LogP contribution in [-0.4, -0.2) is 22.3 Å². The van der Waals surface area contributed by atoms with Gasteiger partial charge in [0.15, 0.2) is 0 Å². The maximum Gasteiger partial charge on any atom is 0.287 e. The number of pyridine rings is 1. The van der Waals surface area contributed by atoms with Crippen LogP contribution in [0.1, 0.15) is 21.7 Å². The van der Waals surface area contributed by atoms with E-state index in [0.717, 1.165) is 5.56 Å². The molecule has 0 aliphatic heterocycles. The Labute approximate surface area is 137 Å². The summed E-state index contributed by atoms with van der Waals surface area (Å²) in [5, 5.41) is 3.92. The van der Waals surface area contributed by atoms with Crippen LogP contribution in [0.5, 0.6) is 5.88 Å². The third-order valence-corrected chi connectivity index (χ3v) is 3.28. The molecule has 7 heteroatoms. The number of hydrogen-bond donors (Lipinski definition) is 1. The predicted octanol–water partition coefficient (Wildman–Crippen LogP) is 1.87. The Morgan fingerprint density at radius 1 is 1.21 bits per heavy atom. The van der Waals surface area contributed by atoms with Gasteiger partial charge in [-0.15, -0.1) is 0 Å². The van der Waals surface area contributed by atoms with Gasteiger partial charge in [-0.2, -0.15) is 0 Å². The minimum absolute atomic E-state index is 0.0108. The average molecular weight is 322 g/mol. The molecule has 24 heavy (non-hydrogen) atoms. The fraction of sp³-hybridized carbons (Fsp3) is 0.0588. The highest BCUT2D eigenvalue weighted by molar-refractivity contribution is 5.93. The number of nitrogens with two attached hydrogens (primary N) is 1. The van der Waals surface area contributed by atoms with Crippen LogP contribution < -0.4 is 10.5 Å². The van der Waals surface area contributed by atoms with Gasteiger partial charge < -0.3 is 15.0 Å². The first-order valence-corrected chi connectivity index (χ1v) is 7.00. The first kappa shape index (κ1) is 15.4. The lowest BCUT2D eigenvalue weighted by Gasteiger charge is -2.06.